The van der Waals surface area contributed by atoms with E-state index in [4.69, 9.17) is 27.3 Å². The molecular weight excluding hydrogens is 370 g/mol. The number of ether oxygens (including phenoxy) is 1. The summed E-state index contributed by atoms with van der Waals surface area (Å²) in [7, 11) is 0. The Morgan fingerprint density at radius 2 is 1.86 bits per heavy atom. The van der Waals surface area contributed by atoms with E-state index in [2.05, 4.69) is 21.1 Å². The van der Waals surface area contributed by atoms with Crippen molar-refractivity contribution in [1.29, 1.82) is 0 Å². The van der Waals surface area contributed by atoms with Crippen LogP contribution >= 0.6 is 27.5 Å². The molecule has 8 heteroatoms. The summed E-state index contributed by atoms with van der Waals surface area (Å²) in [6.45, 7) is 0. The minimum Gasteiger partial charge on any atom is -0.450 e. The summed E-state index contributed by atoms with van der Waals surface area (Å²) < 4.78 is 33.4. The van der Waals surface area contributed by atoms with Gasteiger partial charge in [0.05, 0.1) is 4.47 Å². The van der Waals surface area contributed by atoms with Gasteiger partial charge in [-0.1, -0.05) is 16.8 Å². The van der Waals surface area contributed by atoms with Gasteiger partial charge in [0.25, 0.3) is 0 Å². The number of amidine groups is 1. The van der Waals surface area contributed by atoms with E-state index in [-0.39, 0.29) is 11.3 Å². The predicted molar refractivity (Wildman–Crippen MR) is 78.1 cm³/mol. The quantitative estimate of drug-likeness (QED) is 0.363. The average Bonchev–Trinajstić information content (AvgIpc) is 2.43. The van der Waals surface area contributed by atoms with Crippen molar-refractivity contribution in [3.8, 4) is 11.5 Å². The zero-order chi connectivity index (χ0) is 15.6. The highest BCUT2D eigenvalue weighted by Crippen LogP contribution is 2.34. The van der Waals surface area contributed by atoms with Gasteiger partial charge in [-0.3, -0.25) is 0 Å². The Kier molecular flexibility index (Phi) is 4.64. The molecule has 0 fully saturated rings. The lowest BCUT2D eigenvalue weighted by atomic mass is 10.2. The van der Waals surface area contributed by atoms with Crippen LogP contribution in [0.3, 0.4) is 0 Å². The smallest absolute Gasteiger partial charge is 0.198 e. The van der Waals surface area contributed by atoms with Crippen LogP contribution in [0, 0.1) is 11.6 Å². The number of hydrogen-bond donors (Lipinski definition) is 2. The van der Waals surface area contributed by atoms with Crippen LogP contribution in [0.2, 0.25) is 5.02 Å². The molecule has 2 aromatic rings. The largest absolute Gasteiger partial charge is 0.450 e. The SMILES string of the molecule is N/C(=N/O)c1cc(F)c(Oc2ccc(Cl)cc2Br)c(F)c1. The highest BCUT2D eigenvalue weighted by Gasteiger charge is 2.16. The van der Waals surface area contributed by atoms with Crippen LogP contribution in [0.4, 0.5) is 8.78 Å². The minimum absolute atomic E-state index is 0.102. The van der Waals surface area contributed by atoms with E-state index >= 15 is 0 Å². The Bertz CT molecular complexity index is 702. The van der Waals surface area contributed by atoms with Crippen LogP contribution in [-0.4, -0.2) is 11.0 Å². The van der Waals surface area contributed by atoms with Crippen LogP contribution in [0.25, 0.3) is 0 Å². The minimum atomic E-state index is -0.988. The van der Waals surface area contributed by atoms with Gasteiger partial charge in [-0.15, -0.1) is 0 Å². The highest BCUT2D eigenvalue weighted by molar-refractivity contribution is 9.10. The fourth-order valence-electron chi connectivity index (χ4n) is 1.53. The zero-order valence-corrected chi connectivity index (χ0v) is 12.6. The second kappa shape index (κ2) is 6.28. The monoisotopic (exact) mass is 376 g/mol. The Labute approximate surface area is 131 Å². The van der Waals surface area contributed by atoms with Crippen molar-refractivity contribution in [2.45, 2.75) is 0 Å². The van der Waals surface area contributed by atoms with Gasteiger partial charge in [-0.05, 0) is 46.3 Å². The first-order chi connectivity index (χ1) is 9.92. The van der Waals surface area contributed by atoms with E-state index in [1.165, 1.54) is 18.2 Å². The molecule has 0 spiro atoms. The number of oxime groups is 1. The van der Waals surface area contributed by atoms with Crippen LogP contribution < -0.4 is 10.5 Å². The van der Waals surface area contributed by atoms with Crippen molar-refractivity contribution in [3.05, 3.63) is 57.0 Å². The molecule has 0 radical (unpaired) electrons. The van der Waals surface area contributed by atoms with Crippen molar-refractivity contribution in [3.63, 3.8) is 0 Å². The molecule has 0 bridgehead atoms. The number of nitrogens with two attached hydrogens (primary N) is 1. The lowest BCUT2D eigenvalue weighted by molar-refractivity contribution is 0.318. The Balaban J connectivity index is 2.41. The Morgan fingerprint density at radius 3 is 2.38 bits per heavy atom. The average molecular weight is 378 g/mol. The standard InChI is InChI=1S/C13H8BrClF2N2O2/c14-8-5-7(15)1-2-11(8)21-12-9(16)3-6(4-10(12)17)13(18)19-20/h1-5,20H,(H2,18,19). The van der Waals surface area contributed by atoms with Gasteiger partial charge in [0, 0.05) is 10.6 Å². The Morgan fingerprint density at radius 1 is 1.24 bits per heavy atom. The normalized spacial score (nSPS) is 11.5. The predicted octanol–water partition coefficient (Wildman–Crippen LogP) is 4.27. The van der Waals surface area contributed by atoms with E-state index in [9.17, 15) is 8.78 Å². The molecule has 0 saturated heterocycles. The van der Waals surface area contributed by atoms with Crippen molar-refractivity contribution in [1.82, 2.24) is 0 Å². The number of hydrogen-bond acceptors (Lipinski definition) is 3. The molecule has 3 N–H and O–H groups in total. The maximum Gasteiger partial charge on any atom is 0.198 e. The molecule has 2 aromatic carbocycles. The summed E-state index contributed by atoms with van der Waals surface area (Å²) in [5, 5.41) is 11.6. The van der Waals surface area contributed by atoms with Crippen molar-refractivity contribution >= 4 is 33.4 Å². The number of benzene rings is 2. The molecule has 0 saturated carbocycles. The summed E-state index contributed by atoms with van der Waals surface area (Å²) in [5.41, 5.74) is 5.18. The first kappa shape index (κ1) is 15.5. The van der Waals surface area contributed by atoms with Gasteiger partial charge in [-0.25, -0.2) is 8.78 Å². The van der Waals surface area contributed by atoms with Crippen molar-refractivity contribution < 1.29 is 18.7 Å². The van der Waals surface area contributed by atoms with Gasteiger partial charge < -0.3 is 15.7 Å². The maximum absolute atomic E-state index is 13.9. The molecule has 0 aliphatic rings. The van der Waals surface area contributed by atoms with Crippen LogP contribution in [0.15, 0.2) is 40.0 Å². The lowest BCUT2D eigenvalue weighted by Gasteiger charge is -2.11. The Hall–Kier alpha value is -1.86. The van der Waals surface area contributed by atoms with Gasteiger partial charge in [0.15, 0.2) is 23.2 Å². The fraction of sp³-hybridized carbons (Fsp3) is 0. The third kappa shape index (κ3) is 3.43. The molecule has 0 heterocycles. The molecule has 4 nitrogen and oxygen atoms in total. The topological polar surface area (TPSA) is 67.8 Å². The summed E-state index contributed by atoms with van der Waals surface area (Å²) in [5.74, 6) is -2.80. The first-order valence-electron chi connectivity index (χ1n) is 5.52. The first-order valence-corrected chi connectivity index (χ1v) is 6.69. The van der Waals surface area contributed by atoms with Crippen LogP contribution in [0.1, 0.15) is 5.56 Å². The fourth-order valence-corrected chi connectivity index (χ4v) is 2.29. The van der Waals surface area contributed by atoms with Gasteiger partial charge in [0.2, 0.25) is 0 Å². The lowest BCUT2D eigenvalue weighted by Crippen LogP contribution is -2.14. The number of nitrogens with zero attached hydrogens (tertiary/aromatic N) is 1. The van der Waals surface area contributed by atoms with E-state index in [0.29, 0.717) is 9.50 Å². The third-order valence-corrected chi connectivity index (χ3v) is 3.36. The molecule has 0 atom stereocenters. The zero-order valence-electron chi connectivity index (χ0n) is 10.3. The second-order valence-corrected chi connectivity index (χ2v) is 5.22. The summed E-state index contributed by atoms with van der Waals surface area (Å²) in [4.78, 5) is 0. The third-order valence-electron chi connectivity index (χ3n) is 2.51. The second-order valence-electron chi connectivity index (χ2n) is 3.93. The molecule has 110 valence electrons. The molecule has 0 aliphatic heterocycles. The summed E-state index contributed by atoms with van der Waals surface area (Å²) >= 11 is 8.95. The highest BCUT2D eigenvalue weighted by atomic mass is 79.9. The number of rotatable bonds is 3. The van der Waals surface area contributed by atoms with Crippen LogP contribution in [0.5, 0.6) is 11.5 Å². The van der Waals surface area contributed by atoms with Crippen LogP contribution in [-0.2, 0) is 0 Å². The van der Waals surface area contributed by atoms with E-state index in [1.807, 2.05) is 0 Å². The van der Waals surface area contributed by atoms with E-state index in [0.717, 1.165) is 12.1 Å². The summed E-state index contributed by atoms with van der Waals surface area (Å²) in [6, 6.07) is 6.30. The summed E-state index contributed by atoms with van der Waals surface area (Å²) in [6.07, 6.45) is 0. The van der Waals surface area contributed by atoms with E-state index in [1.54, 1.807) is 0 Å². The molecule has 0 unspecified atom stereocenters. The maximum atomic E-state index is 13.9. The molecule has 0 aliphatic carbocycles. The molecular formula is C13H8BrClF2N2O2. The molecule has 0 amide bonds. The molecule has 2 rings (SSSR count). The van der Waals surface area contributed by atoms with Gasteiger partial charge >= 0.3 is 0 Å². The van der Waals surface area contributed by atoms with Gasteiger partial charge in [-0.2, -0.15) is 0 Å². The molecule has 21 heavy (non-hydrogen) atoms. The number of halogens is 4. The van der Waals surface area contributed by atoms with Crippen molar-refractivity contribution in [2.75, 3.05) is 0 Å². The molecule has 0 aromatic heterocycles. The van der Waals surface area contributed by atoms with Crippen molar-refractivity contribution in [2.24, 2.45) is 10.9 Å². The van der Waals surface area contributed by atoms with Gasteiger partial charge in [0.1, 0.15) is 5.75 Å². The van der Waals surface area contributed by atoms with E-state index < -0.39 is 23.2 Å².